The zero-order chi connectivity index (χ0) is 15.6. The molecule has 4 nitrogen and oxygen atoms in total. The number of aromatic nitrogens is 1. The second-order valence-corrected chi connectivity index (χ2v) is 6.43. The summed E-state index contributed by atoms with van der Waals surface area (Å²) in [5, 5.41) is 0. The van der Waals surface area contributed by atoms with Gasteiger partial charge in [0.05, 0.1) is 25.1 Å². The Balaban J connectivity index is 1.57. The summed E-state index contributed by atoms with van der Waals surface area (Å²) in [4.78, 5) is 2.29. The Hall–Kier alpha value is -1.82. The standard InChI is InChI=1S/C18H17BrN2O2/c19-16-5-1-2-6-17(16)20-8-7-14(12-20)18-21(9-11-23-18)13-15-4-3-10-22-15/h1-8,10,12,18H,9,11,13H2. The molecule has 5 heteroatoms. The Labute approximate surface area is 143 Å². The highest BCUT2D eigenvalue weighted by Gasteiger charge is 2.28. The molecule has 2 aromatic heterocycles. The van der Waals surface area contributed by atoms with Crippen LogP contribution in [0.4, 0.5) is 0 Å². The fraction of sp³-hybridized carbons (Fsp3) is 0.222. The second-order valence-electron chi connectivity index (χ2n) is 5.58. The molecule has 0 saturated carbocycles. The van der Waals surface area contributed by atoms with Crippen LogP contribution < -0.4 is 0 Å². The topological polar surface area (TPSA) is 30.5 Å². The zero-order valence-corrected chi connectivity index (χ0v) is 14.1. The first-order chi connectivity index (χ1) is 11.3. The van der Waals surface area contributed by atoms with Gasteiger partial charge < -0.3 is 13.7 Å². The van der Waals surface area contributed by atoms with Crippen molar-refractivity contribution >= 4 is 15.9 Å². The normalized spacial score (nSPS) is 18.6. The monoisotopic (exact) mass is 372 g/mol. The van der Waals surface area contributed by atoms with Gasteiger partial charge in [0.1, 0.15) is 12.0 Å². The molecule has 1 aliphatic rings. The first-order valence-electron chi connectivity index (χ1n) is 7.62. The Kier molecular flexibility index (Phi) is 4.08. The van der Waals surface area contributed by atoms with Gasteiger partial charge in [-0.2, -0.15) is 0 Å². The smallest absolute Gasteiger partial charge is 0.138 e. The van der Waals surface area contributed by atoms with Gasteiger partial charge >= 0.3 is 0 Å². The zero-order valence-electron chi connectivity index (χ0n) is 12.6. The summed E-state index contributed by atoms with van der Waals surface area (Å²) in [6.45, 7) is 2.41. The molecule has 3 aromatic rings. The van der Waals surface area contributed by atoms with Crippen LogP contribution in [0.5, 0.6) is 0 Å². The molecule has 1 aliphatic heterocycles. The molecule has 1 aromatic carbocycles. The van der Waals surface area contributed by atoms with Crippen molar-refractivity contribution in [2.45, 2.75) is 12.8 Å². The molecule has 0 bridgehead atoms. The van der Waals surface area contributed by atoms with Crippen LogP contribution in [0.15, 0.2) is 70.0 Å². The van der Waals surface area contributed by atoms with Crippen molar-refractivity contribution < 1.29 is 9.15 Å². The maximum absolute atomic E-state index is 5.94. The number of ether oxygens (including phenoxy) is 1. The Morgan fingerprint density at radius 2 is 2.04 bits per heavy atom. The van der Waals surface area contributed by atoms with E-state index in [0.717, 1.165) is 41.2 Å². The van der Waals surface area contributed by atoms with Gasteiger partial charge in [-0.1, -0.05) is 12.1 Å². The largest absolute Gasteiger partial charge is 0.468 e. The van der Waals surface area contributed by atoms with Crippen molar-refractivity contribution in [1.29, 1.82) is 0 Å². The molecule has 0 aliphatic carbocycles. The van der Waals surface area contributed by atoms with Crippen LogP contribution >= 0.6 is 15.9 Å². The number of benzene rings is 1. The minimum absolute atomic E-state index is 0.0242. The van der Waals surface area contributed by atoms with Crippen LogP contribution in [0.25, 0.3) is 5.69 Å². The van der Waals surface area contributed by atoms with Gasteiger partial charge in [-0.15, -0.1) is 0 Å². The molecule has 0 N–H and O–H groups in total. The van der Waals surface area contributed by atoms with Gasteiger partial charge in [0.15, 0.2) is 0 Å². The van der Waals surface area contributed by atoms with E-state index < -0.39 is 0 Å². The fourth-order valence-electron chi connectivity index (χ4n) is 2.95. The molecular weight excluding hydrogens is 356 g/mol. The molecule has 0 amide bonds. The Morgan fingerprint density at radius 3 is 2.87 bits per heavy atom. The van der Waals surface area contributed by atoms with Crippen LogP contribution in [0, 0.1) is 0 Å². The van der Waals surface area contributed by atoms with Gasteiger partial charge in [0.25, 0.3) is 0 Å². The molecule has 118 valence electrons. The third kappa shape index (κ3) is 3.00. The SMILES string of the molecule is Brc1ccccc1-n1ccc(C2OCCN2Cc2ccco2)c1. The number of halogens is 1. The molecule has 1 unspecified atom stereocenters. The maximum atomic E-state index is 5.94. The maximum Gasteiger partial charge on any atom is 0.138 e. The van der Waals surface area contributed by atoms with E-state index in [1.54, 1.807) is 6.26 Å². The number of hydrogen-bond donors (Lipinski definition) is 0. The van der Waals surface area contributed by atoms with Crippen molar-refractivity contribution in [3.05, 3.63) is 76.9 Å². The third-order valence-electron chi connectivity index (χ3n) is 4.06. The summed E-state index contributed by atoms with van der Waals surface area (Å²) in [6, 6.07) is 14.2. The summed E-state index contributed by atoms with van der Waals surface area (Å²) in [5.74, 6) is 0.964. The lowest BCUT2D eigenvalue weighted by Gasteiger charge is -2.21. The quantitative estimate of drug-likeness (QED) is 0.681. The number of hydrogen-bond acceptors (Lipinski definition) is 3. The van der Waals surface area contributed by atoms with E-state index in [1.807, 2.05) is 30.3 Å². The average molecular weight is 373 g/mol. The lowest BCUT2D eigenvalue weighted by atomic mass is 10.2. The summed E-state index contributed by atoms with van der Waals surface area (Å²) in [6.07, 6.45) is 5.89. The van der Waals surface area contributed by atoms with Crippen LogP contribution in [-0.2, 0) is 11.3 Å². The van der Waals surface area contributed by atoms with E-state index in [1.165, 1.54) is 0 Å². The molecule has 0 spiro atoms. The first kappa shape index (κ1) is 14.8. The Bertz CT molecular complexity index is 782. The lowest BCUT2D eigenvalue weighted by Crippen LogP contribution is -2.22. The molecule has 4 rings (SSSR count). The minimum Gasteiger partial charge on any atom is -0.468 e. The van der Waals surface area contributed by atoms with Gasteiger partial charge in [0, 0.05) is 29.0 Å². The summed E-state index contributed by atoms with van der Waals surface area (Å²) in [7, 11) is 0. The predicted molar refractivity (Wildman–Crippen MR) is 91.3 cm³/mol. The first-order valence-corrected chi connectivity index (χ1v) is 8.41. The Morgan fingerprint density at radius 1 is 1.13 bits per heavy atom. The highest BCUT2D eigenvalue weighted by molar-refractivity contribution is 9.10. The third-order valence-corrected chi connectivity index (χ3v) is 4.73. The van der Waals surface area contributed by atoms with E-state index in [4.69, 9.17) is 9.15 Å². The summed E-state index contributed by atoms with van der Waals surface area (Å²) in [5.41, 5.74) is 2.28. The van der Waals surface area contributed by atoms with Crippen LogP contribution in [0.1, 0.15) is 17.6 Å². The molecular formula is C18H17BrN2O2. The minimum atomic E-state index is -0.0242. The second kappa shape index (κ2) is 6.35. The van der Waals surface area contributed by atoms with E-state index in [9.17, 15) is 0 Å². The molecule has 3 heterocycles. The number of para-hydroxylation sites is 1. The number of rotatable bonds is 4. The van der Waals surface area contributed by atoms with E-state index >= 15 is 0 Å². The highest BCUT2D eigenvalue weighted by atomic mass is 79.9. The van der Waals surface area contributed by atoms with E-state index in [2.05, 4.69) is 49.9 Å². The average Bonchev–Trinajstić information content (AvgIpc) is 3.28. The van der Waals surface area contributed by atoms with Crippen LogP contribution in [0.2, 0.25) is 0 Å². The molecule has 0 radical (unpaired) electrons. The number of furan rings is 1. The highest BCUT2D eigenvalue weighted by Crippen LogP contribution is 2.30. The fourth-order valence-corrected chi connectivity index (χ4v) is 3.44. The van der Waals surface area contributed by atoms with Gasteiger partial charge in [0.2, 0.25) is 0 Å². The lowest BCUT2D eigenvalue weighted by molar-refractivity contribution is 0.0258. The van der Waals surface area contributed by atoms with E-state index in [-0.39, 0.29) is 6.23 Å². The van der Waals surface area contributed by atoms with Crippen molar-refractivity contribution in [2.75, 3.05) is 13.2 Å². The van der Waals surface area contributed by atoms with E-state index in [0.29, 0.717) is 0 Å². The number of nitrogens with zero attached hydrogens (tertiary/aromatic N) is 2. The van der Waals surface area contributed by atoms with Crippen molar-refractivity contribution in [3.8, 4) is 5.69 Å². The van der Waals surface area contributed by atoms with Crippen molar-refractivity contribution in [1.82, 2.24) is 9.47 Å². The van der Waals surface area contributed by atoms with Crippen molar-refractivity contribution in [3.63, 3.8) is 0 Å². The van der Waals surface area contributed by atoms with Crippen LogP contribution in [-0.4, -0.2) is 22.6 Å². The molecule has 1 saturated heterocycles. The molecule has 1 fully saturated rings. The summed E-state index contributed by atoms with van der Waals surface area (Å²) < 4.78 is 14.6. The summed E-state index contributed by atoms with van der Waals surface area (Å²) >= 11 is 3.60. The van der Waals surface area contributed by atoms with Gasteiger partial charge in [-0.25, -0.2) is 0 Å². The molecule has 1 atom stereocenters. The van der Waals surface area contributed by atoms with Gasteiger partial charge in [-0.3, -0.25) is 4.90 Å². The predicted octanol–water partition coefficient (Wildman–Crippen LogP) is 4.36. The van der Waals surface area contributed by atoms with Crippen molar-refractivity contribution in [2.24, 2.45) is 0 Å². The molecule has 23 heavy (non-hydrogen) atoms. The van der Waals surface area contributed by atoms with Crippen LogP contribution in [0.3, 0.4) is 0 Å². The van der Waals surface area contributed by atoms with Gasteiger partial charge in [-0.05, 0) is 46.3 Å².